The number of rotatable bonds is 9. The van der Waals surface area contributed by atoms with E-state index in [0.29, 0.717) is 11.3 Å². The Labute approximate surface area is 216 Å². The molecular formula is C28H39F6N3. The van der Waals surface area contributed by atoms with Crippen LogP contribution in [0.3, 0.4) is 0 Å². The maximum absolute atomic E-state index is 13.2. The fraction of sp³-hybridized carbons (Fsp3) is 0.500. The number of hydrogen-bond acceptors (Lipinski definition) is 3. The molecule has 0 aromatic heterocycles. The Balaban J connectivity index is 0.00000124. The molecule has 0 amide bonds. The number of unbranched alkanes of at least 4 members (excludes halogenated alkanes) is 2. The summed E-state index contributed by atoms with van der Waals surface area (Å²) in [5, 5.41) is 3.28. The molecule has 2 rings (SSSR count). The zero-order valence-electron chi connectivity index (χ0n) is 22.4. The number of nitrogens with one attached hydrogen (secondary N) is 1. The maximum atomic E-state index is 13.2. The molecule has 0 fully saturated rings. The maximum Gasteiger partial charge on any atom is 0.416 e. The molecule has 3 N–H and O–H groups in total. The number of nitrogen functional groups attached to an aromatic ring is 1. The van der Waals surface area contributed by atoms with Crippen molar-refractivity contribution in [1.82, 2.24) is 10.2 Å². The van der Waals surface area contributed by atoms with E-state index in [2.05, 4.69) is 19.2 Å². The van der Waals surface area contributed by atoms with E-state index in [1.54, 1.807) is 36.2 Å². The number of nitrogens with zero attached hydrogens (tertiary/aromatic N) is 1. The summed E-state index contributed by atoms with van der Waals surface area (Å²) in [6.45, 7) is 10.1. The lowest BCUT2D eigenvalue weighted by atomic mass is 10.0. The lowest BCUT2D eigenvalue weighted by Crippen LogP contribution is -2.35. The van der Waals surface area contributed by atoms with Crippen molar-refractivity contribution in [3.05, 3.63) is 76.5 Å². The molecule has 37 heavy (non-hydrogen) atoms. The Morgan fingerprint density at radius 1 is 0.946 bits per heavy atom. The van der Waals surface area contributed by atoms with Gasteiger partial charge in [-0.2, -0.15) is 26.3 Å². The number of hydrogen-bond donors (Lipinski definition) is 2. The van der Waals surface area contributed by atoms with Crippen molar-refractivity contribution in [1.29, 1.82) is 0 Å². The normalized spacial score (nSPS) is 13.4. The summed E-state index contributed by atoms with van der Waals surface area (Å²) in [6.07, 6.45) is -4.33. The average Bonchev–Trinajstić information content (AvgIpc) is 2.77. The number of anilines is 1. The molecule has 0 saturated heterocycles. The van der Waals surface area contributed by atoms with Crippen LogP contribution in [0.15, 0.2) is 54.2 Å². The first-order valence-corrected chi connectivity index (χ1v) is 12.4. The predicted molar refractivity (Wildman–Crippen MR) is 138 cm³/mol. The standard InChI is InChI=1S/C23H27F6N3.C5H12/c1-14(2)9-15(3)31-21(19-7-5-6-8-20(19)30)32(4)13-16-10-17(22(24,25)26)12-18(11-16)23(27,28)29;1-3-5-4-2/h5-12,14,21,31H,13,30H2,1-4H3;3-5H2,1-2H3/b15-9+;. The molecule has 3 nitrogen and oxygen atoms in total. The third-order valence-corrected chi connectivity index (χ3v) is 5.47. The largest absolute Gasteiger partial charge is 0.416 e. The Bertz CT molecular complexity index is 962. The summed E-state index contributed by atoms with van der Waals surface area (Å²) < 4.78 is 79.4. The number of benzene rings is 2. The summed E-state index contributed by atoms with van der Waals surface area (Å²) in [7, 11) is 1.61. The second kappa shape index (κ2) is 14.3. The molecule has 0 spiro atoms. The van der Waals surface area contributed by atoms with Gasteiger partial charge in [-0.05, 0) is 49.7 Å². The van der Waals surface area contributed by atoms with Crippen LogP contribution in [-0.4, -0.2) is 11.9 Å². The minimum atomic E-state index is -4.90. The molecule has 0 aliphatic carbocycles. The van der Waals surface area contributed by atoms with Gasteiger partial charge >= 0.3 is 12.4 Å². The molecule has 0 aliphatic rings. The smallest absolute Gasteiger partial charge is 0.398 e. The first kappa shape index (κ1) is 32.3. The predicted octanol–water partition coefficient (Wildman–Crippen LogP) is 8.78. The fourth-order valence-corrected chi connectivity index (χ4v) is 3.79. The molecule has 1 unspecified atom stereocenters. The minimum Gasteiger partial charge on any atom is -0.398 e. The summed E-state index contributed by atoms with van der Waals surface area (Å²) in [6, 6.07) is 8.58. The van der Waals surface area contributed by atoms with Gasteiger partial charge in [0.25, 0.3) is 0 Å². The van der Waals surface area contributed by atoms with Crippen molar-refractivity contribution in [3.63, 3.8) is 0 Å². The van der Waals surface area contributed by atoms with Crippen LogP contribution in [0.4, 0.5) is 32.0 Å². The summed E-state index contributed by atoms with van der Waals surface area (Å²) in [5.41, 5.74) is 5.24. The summed E-state index contributed by atoms with van der Waals surface area (Å²) >= 11 is 0. The van der Waals surface area contributed by atoms with Crippen LogP contribution in [0.5, 0.6) is 0 Å². The van der Waals surface area contributed by atoms with Gasteiger partial charge in [0.15, 0.2) is 0 Å². The SMILES string of the molecule is C/C(=C\C(C)C)NC(c1ccccc1N)N(C)Cc1cc(C(F)(F)F)cc(C(F)(F)F)c1.CCCCC. The molecule has 9 heteroatoms. The third-order valence-electron chi connectivity index (χ3n) is 5.47. The molecule has 0 radical (unpaired) electrons. The molecule has 0 heterocycles. The van der Waals surface area contributed by atoms with Gasteiger partial charge in [0.05, 0.1) is 11.1 Å². The second-order valence-electron chi connectivity index (χ2n) is 9.45. The van der Waals surface area contributed by atoms with Crippen molar-refractivity contribution in [2.45, 2.75) is 78.9 Å². The van der Waals surface area contributed by atoms with E-state index in [1.165, 1.54) is 19.3 Å². The van der Waals surface area contributed by atoms with Gasteiger partial charge in [-0.1, -0.05) is 71.2 Å². The first-order valence-electron chi connectivity index (χ1n) is 12.4. The van der Waals surface area contributed by atoms with E-state index in [9.17, 15) is 26.3 Å². The molecule has 0 bridgehead atoms. The van der Waals surface area contributed by atoms with Gasteiger partial charge in [-0.15, -0.1) is 0 Å². The van der Waals surface area contributed by atoms with E-state index in [4.69, 9.17) is 5.73 Å². The van der Waals surface area contributed by atoms with Crippen molar-refractivity contribution >= 4 is 5.69 Å². The molecule has 0 saturated carbocycles. The molecule has 0 aliphatic heterocycles. The van der Waals surface area contributed by atoms with Gasteiger partial charge in [0, 0.05) is 23.5 Å². The van der Waals surface area contributed by atoms with E-state index >= 15 is 0 Å². The van der Waals surface area contributed by atoms with Gasteiger partial charge in [0.1, 0.15) is 6.17 Å². The van der Waals surface area contributed by atoms with Crippen molar-refractivity contribution in [3.8, 4) is 0 Å². The number of alkyl halides is 6. The van der Waals surface area contributed by atoms with Gasteiger partial charge in [0.2, 0.25) is 0 Å². The van der Waals surface area contributed by atoms with E-state index in [-0.39, 0.29) is 24.1 Å². The fourth-order valence-electron chi connectivity index (χ4n) is 3.79. The molecule has 1 atom stereocenters. The molecule has 2 aromatic rings. The van der Waals surface area contributed by atoms with Gasteiger partial charge in [-0.3, -0.25) is 4.90 Å². The molecule has 2 aromatic carbocycles. The monoisotopic (exact) mass is 531 g/mol. The van der Waals surface area contributed by atoms with E-state index in [1.807, 2.05) is 26.8 Å². The number of halogens is 6. The van der Waals surface area contributed by atoms with Crippen LogP contribution < -0.4 is 11.1 Å². The van der Waals surface area contributed by atoms with Crippen molar-refractivity contribution < 1.29 is 26.3 Å². The van der Waals surface area contributed by atoms with Crippen molar-refractivity contribution in [2.24, 2.45) is 5.92 Å². The van der Waals surface area contributed by atoms with Gasteiger partial charge in [-0.25, -0.2) is 0 Å². The van der Waals surface area contributed by atoms with Crippen LogP contribution >= 0.6 is 0 Å². The van der Waals surface area contributed by atoms with E-state index < -0.39 is 29.6 Å². The third kappa shape index (κ3) is 11.1. The lowest BCUT2D eigenvalue weighted by Gasteiger charge is -2.32. The summed E-state index contributed by atoms with van der Waals surface area (Å²) in [5.74, 6) is 0.236. The number of para-hydroxylation sites is 1. The lowest BCUT2D eigenvalue weighted by molar-refractivity contribution is -0.143. The van der Waals surface area contributed by atoms with Crippen molar-refractivity contribution in [2.75, 3.05) is 12.8 Å². The van der Waals surface area contributed by atoms with E-state index in [0.717, 1.165) is 17.8 Å². The Kier molecular flexibility index (Phi) is 12.5. The van der Waals surface area contributed by atoms with Crippen LogP contribution in [0, 0.1) is 5.92 Å². The second-order valence-corrected chi connectivity index (χ2v) is 9.45. The molecular weight excluding hydrogens is 492 g/mol. The Morgan fingerprint density at radius 2 is 1.46 bits per heavy atom. The van der Waals surface area contributed by atoms with Crippen LogP contribution in [-0.2, 0) is 18.9 Å². The Hall–Kier alpha value is -2.68. The van der Waals surface area contributed by atoms with Gasteiger partial charge < -0.3 is 11.1 Å². The quantitative estimate of drug-likeness (QED) is 0.193. The highest BCUT2D eigenvalue weighted by Crippen LogP contribution is 2.37. The van der Waals surface area contributed by atoms with Crippen LogP contribution in [0.25, 0.3) is 0 Å². The number of nitrogens with two attached hydrogens (primary N) is 1. The number of allylic oxidation sites excluding steroid dienone is 2. The highest BCUT2D eigenvalue weighted by Gasteiger charge is 2.37. The zero-order chi connectivity index (χ0) is 28.4. The average molecular weight is 532 g/mol. The highest BCUT2D eigenvalue weighted by atomic mass is 19.4. The van der Waals surface area contributed by atoms with Crippen LogP contribution in [0.2, 0.25) is 0 Å². The van der Waals surface area contributed by atoms with Crippen LogP contribution in [0.1, 0.15) is 82.3 Å². The summed E-state index contributed by atoms with van der Waals surface area (Å²) in [4.78, 5) is 1.62. The highest BCUT2D eigenvalue weighted by molar-refractivity contribution is 5.48. The molecule has 208 valence electrons. The Morgan fingerprint density at radius 3 is 1.86 bits per heavy atom. The zero-order valence-corrected chi connectivity index (χ0v) is 22.4. The topological polar surface area (TPSA) is 41.3 Å². The first-order chi connectivity index (χ1) is 17.1. The minimum absolute atomic E-state index is 0.110.